The molecule has 8 rings (SSSR count). The van der Waals surface area contributed by atoms with Crippen LogP contribution in [-0.2, 0) is 52.3 Å². The van der Waals surface area contributed by atoms with Gasteiger partial charge in [-0.1, -0.05) is 60.1 Å². The second kappa shape index (κ2) is 20.9. The maximum atomic E-state index is 13.1. The van der Waals surface area contributed by atoms with Crippen molar-refractivity contribution in [2.45, 2.75) is 224 Å². The van der Waals surface area contributed by atoms with Crippen molar-refractivity contribution < 1.29 is 114 Å². The Morgan fingerprint density at radius 3 is 1.69 bits per heavy atom. The molecule has 0 aromatic carbocycles. The van der Waals surface area contributed by atoms with Gasteiger partial charge in [0.25, 0.3) is 0 Å². The molecular formula is C52H82O23. The minimum Gasteiger partial charge on any atom is -0.479 e. The molecule has 75 heavy (non-hydrogen) atoms. The fourth-order valence-corrected chi connectivity index (χ4v) is 16.1. The largest absolute Gasteiger partial charge is 0.479 e. The van der Waals surface area contributed by atoms with E-state index in [0.29, 0.717) is 38.5 Å². The van der Waals surface area contributed by atoms with Crippen molar-refractivity contribution in [3.8, 4) is 0 Å². The van der Waals surface area contributed by atoms with E-state index in [1.165, 1.54) is 13.8 Å². The molecule has 26 atom stereocenters. The zero-order chi connectivity index (χ0) is 55.4. The number of carboxylic acids is 1. The van der Waals surface area contributed by atoms with E-state index in [2.05, 4.69) is 26.8 Å². The number of carbonyl (C=O) groups is 3. The van der Waals surface area contributed by atoms with Crippen molar-refractivity contribution in [1.82, 2.24) is 0 Å². The third-order valence-corrected chi connectivity index (χ3v) is 20.2. The lowest BCUT2D eigenvalue weighted by molar-refractivity contribution is -0.391. The van der Waals surface area contributed by atoms with Gasteiger partial charge >= 0.3 is 17.9 Å². The number of hydrogen-bond acceptors (Lipinski definition) is 22. The Balaban J connectivity index is 1.10. The van der Waals surface area contributed by atoms with Crippen LogP contribution in [0.3, 0.4) is 0 Å². The van der Waals surface area contributed by atoms with Crippen molar-refractivity contribution >= 4 is 17.9 Å². The van der Waals surface area contributed by atoms with Gasteiger partial charge in [-0.3, -0.25) is 9.59 Å². The Labute approximate surface area is 436 Å². The topological polar surface area (TPSA) is 368 Å². The number of esters is 2. The summed E-state index contributed by atoms with van der Waals surface area (Å²) >= 11 is 0. The number of hydrogen-bond donors (Lipinski definition) is 12. The number of allylic oxidation sites excluding steroid dienone is 2. The van der Waals surface area contributed by atoms with Gasteiger partial charge in [-0.2, -0.15) is 0 Å². The fraction of sp³-hybridized carbons (Fsp3) is 0.904. The highest BCUT2D eigenvalue weighted by Crippen LogP contribution is 2.76. The third kappa shape index (κ3) is 9.31. The Morgan fingerprint density at radius 2 is 1.17 bits per heavy atom. The summed E-state index contributed by atoms with van der Waals surface area (Å²) in [5, 5.41) is 131. The van der Waals surface area contributed by atoms with Crippen molar-refractivity contribution in [3.05, 3.63) is 11.6 Å². The number of carboxylic acid groups (broad SMARTS) is 1. The van der Waals surface area contributed by atoms with Crippen molar-refractivity contribution in [2.24, 2.45) is 50.2 Å². The number of aliphatic carboxylic acids is 1. The Morgan fingerprint density at radius 1 is 0.627 bits per heavy atom. The zero-order valence-corrected chi connectivity index (χ0v) is 44.2. The summed E-state index contributed by atoms with van der Waals surface area (Å²) in [5.41, 5.74) is -3.18. The van der Waals surface area contributed by atoms with Gasteiger partial charge in [0.15, 0.2) is 25.0 Å². The second-order valence-electron chi connectivity index (χ2n) is 24.9. The van der Waals surface area contributed by atoms with E-state index < -0.39 is 187 Å². The van der Waals surface area contributed by atoms with E-state index in [-0.39, 0.29) is 23.7 Å². The van der Waals surface area contributed by atoms with Crippen LogP contribution < -0.4 is 0 Å². The minimum atomic E-state index is -2.11. The lowest BCUT2D eigenvalue weighted by Crippen LogP contribution is -2.72. The quantitative estimate of drug-likeness (QED) is 0.0618. The smallest absolute Gasteiger partial charge is 0.335 e. The molecule has 4 saturated carbocycles. The molecule has 7 fully saturated rings. The first-order chi connectivity index (χ1) is 34.9. The molecule has 0 aromatic heterocycles. The van der Waals surface area contributed by atoms with Gasteiger partial charge in [0.2, 0.25) is 0 Å². The van der Waals surface area contributed by atoms with E-state index >= 15 is 0 Å². The molecule has 0 radical (unpaired) electrons. The Hall–Kier alpha value is -2.53. The van der Waals surface area contributed by atoms with Crippen LogP contribution in [0.15, 0.2) is 11.6 Å². The Bertz CT molecular complexity index is 2140. The molecule has 7 unspecified atom stereocenters. The predicted octanol–water partition coefficient (Wildman–Crippen LogP) is -1.24. The molecule has 23 heteroatoms. The lowest BCUT2D eigenvalue weighted by atomic mass is 9.33. The van der Waals surface area contributed by atoms with Gasteiger partial charge in [0.05, 0.1) is 37.4 Å². The maximum absolute atomic E-state index is 13.1. The molecule has 0 aromatic rings. The number of aliphatic hydroxyl groups excluding tert-OH is 11. The number of aliphatic hydroxyl groups is 11. The summed E-state index contributed by atoms with van der Waals surface area (Å²) < 4.78 is 47.9. The van der Waals surface area contributed by atoms with Crippen LogP contribution in [0.25, 0.3) is 0 Å². The van der Waals surface area contributed by atoms with E-state index in [1.54, 1.807) is 0 Å². The van der Waals surface area contributed by atoms with E-state index in [9.17, 15) is 75.7 Å². The lowest BCUT2D eigenvalue weighted by Gasteiger charge is -2.72. The van der Waals surface area contributed by atoms with Crippen LogP contribution in [0.4, 0.5) is 0 Å². The predicted molar refractivity (Wildman–Crippen MR) is 254 cm³/mol. The summed E-state index contributed by atoms with van der Waals surface area (Å²) in [6, 6.07) is 0. The first-order valence-corrected chi connectivity index (χ1v) is 26.4. The van der Waals surface area contributed by atoms with Gasteiger partial charge in [0.1, 0.15) is 79.4 Å². The summed E-state index contributed by atoms with van der Waals surface area (Å²) in [6.45, 7) is 15.1. The molecule has 428 valence electrons. The SMILES string of the molecule is CC(=O)O[C@H]1[C@H](OC(C)=O)[C@]2(CO)[C@H](O)C[C@]3(C)C(=CCC4[C@@]5(C)CC[C@H](O[C@@H]6O[C@H](C(=O)O)[C@@H](O[C@@H]7O[C@H](CO)[C@@H](O)[C@H](O)[C@H]7O)[C@H](O)[C@H]6OC6OC(CO)C(O)C(O)C6O)C(C)(C)C5CC[C@]43C)[C@@H]2CC1(C)C. The van der Waals surface area contributed by atoms with Crippen molar-refractivity contribution in [2.75, 3.05) is 19.8 Å². The molecule has 5 aliphatic carbocycles. The third-order valence-electron chi connectivity index (χ3n) is 20.2. The molecule has 0 amide bonds. The molecule has 3 heterocycles. The molecule has 3 saturated heterocycles. The van der Waals surface area contributed by atoms with Gasteiger partial charge in [-0.15, -0.1) is 0 Å². The highest BCUT2D eigenvalue weighted by atomic mass is 16.8. The van der Waals surface area contributed by atoms with Crippen LogP contribution in [-0.4, -0.2) is 216 Å². The molecule has 0 spiro atoms. The summed E-state index contributed by atoms with van der Waals surface area (Å²) in [4.78, 5) is 38.4. The van der Waals surface area contributed by atoms with Gasteiger partial charge in [0, 0.05) is 19.3 Å². The molecule has 8 aliphatic rings. The van der Waals surface area contributed by atoms with Crippen molar-refractivity contribution in [1.29, 1.82) is 0 Å². The van der Waals surface area contributed by atoms with Crippen molar-refractivity contribution in [3.63, 3.8) is 0 Å². The normalized spacial score (nSPS) is 51.2. The average molecular weight is 1080 g/mol. The second-order valence-corrected chi connectivity index (χ2v) is 24.9. The molecule has 23 nitrogen and oxygen atoms in total. The van der Waals surface area contributed by atoms with Gasteiger partial charge in [-0.25, -0.2) is 4.79 Å². The van der Waals surface area contributed by atoms with Gasteiger partial charge < -0.3 is 99.2 Å². The first-order valence-electron chi connectivity index (χ1n) is 26.4. The number of rotatable bonds is 12. The summed E-state index contributed by atoms with van der Waals surface area (Å²) in [6.07, 6.45) is -26.2. The van der Waals surface area contributed by atoms with E-state index in [4.69, 9.17) is 37.9 Å². The average Bonchev–Trinajstić information content (AvgIpc) is 3.32. The monoisotopic (exact) mass is 1070 g/mol. The number of carbonyl (C=O) groups excluding carboxylic acids is 2. The zero-order valence-electron chi connectivity index (χ0n) is 44.2. The number of fused-ring (bicyclic) bond motifs is 7. The highest BCUT2D eigenvalue weighted by Gasteiger charge is 2.74. The first kappa shape index (κ1) is 58.6. The van der Waals surface area contributed by atoms with E-state index in [0.717, 1.165) is 5.57 Å². The van der Waals surface area contributed by atoms with E-state index in [1.807, 2.05) is 27.7 Å². The number of ether oxygens (including phenoxy) is 8. The highest BCUT2D eigenvalue weighted by molar-refractivity contribution is 5.73. The maximum Gasteiger partial charge on any atom is 0.335 e. The summed E-state index contributed by atoms with van der Waals surface area (Å²) in [5.74, 6) is -3.35. The van der Waals surface area contributed by atoms with Gasteiger partial charge in [-0.05, 0) is 84.4 Å². The molecule has 0 bridgehead atoms. The molecular weight excluding hydrogens is 993 g/mol. The fourth-order valence-electron chi connectivity index (χ4n) is 16.1. The summed E-state index contributed by atoms with van der Waals surface area (Å²) in [7, 11) is 0. The Kier molecular flexibility index (Phi) is 16.3. The molecule has 12 N–H and O–H groups in total. The van der Waals surface area contributed by atoms with Crippen LogP contribution in [0.2, 0.25) is 0 Å². The standard InChI is InChI=1S/C52H82O23/c1-21(56)68-41-42(69-22(2)57)52(20-55)24(16-47(41,3)4)23-10-11-28-49(7)14-13-30(48(5,6)27(49)12-15-50(28,8)51(23,9)17-29(52)58)72-46-39(74-45-36(64)34(62)32(60)26(19-54)71-45)37(65)38(40(75-46)43(66)67)73-44-35(63)33(61)31(59)25(18-53)70-44/h10,24-42,44-46,53-55,58-65H,11-20H2,1-9H3,(H,66,67)/t24-,25+,26?,27?,28?,29+,30-,31+,32?,33-,34?,35+,36?,37-,38-,39+,40-,41-,42-,44-,45?,46+,49-,50+,51+,52-/m0/s1. The van der Waals surface area contributed by atoms with Crippen LogP contribution in [0.1, 0.15) is 107 Å². The molecule has 3 aliphatic heterocycles. The van der Waals surface area contributed by atoms with Crippen LogP contribution in [0, 0.1) is 50.2 Å². The van der Waals surface area contributed by atoms with Crippen LogP contribution in [0.5, 0.6) is 0 Å². The van der Waals surface area contributed by atoms with Crippen LogP contribution >= 0.6 is 0 Å². The minimum absolute atomic E-state index is 0.0351.